The van der Waals surface area contributed by atoms with Crippen LogP contribution in [0.5, 0.6) is 0 Å². The highest BCUT2D eigenvalue weighted by molar-refractivity contribution is 7.89. The van der Waals surface area contributed by atoms with Crippen LogP contribution >= 0.6 is 12.4 Å². The van der Waals surface area contributed by atoms with Gasteiger partial charge in [-0.25, -0.2) is 13.1 Å². The van der Waals surface area contributed by atoms with Gasteiger partial charge in [0, 0.05) is 31.5 Å². The first kappa shape index (κ1) is 18.9. The molecule has 0 spiro atoms. The largest absolute Gasteiger partial charge is 0.381 e. The van der Waals surface area contributed by atoms with Gasteiger partial charge in [0.25, 0.3) is 0 Å². The van der Waals surface area contributed by atoms with Crippen LogP contribution in [0.3, 0.4) is 0 Å². The first-order valence-electron chi connectivity index (χ1n) is 7.73. The number of nitrogens with zero attached hydrogens (tertiary/aromatic N) is 1. The Kier molecular flexibility index (Phi) is 6.40. The molecule has 0 unspecified atom stereocenters. The van der Waals surface area contributed by atoms with Gasteiger partial charge in [-0.15, -0.1) is 12.4 Å². The van der Waals surface area contributed by atoms with Crippen molar-refractivity contribution in [2.24, 2.45) is 5.92 Å². The van der Waals surface area contributed by atoms with Crippen molar-refractivity contribution in [2.75, 3.05) is 19.8 Å². The van der Waals surface area contributed by atoms with Crippen molar-refractivity contribution in [3.63, 3.8) is 0 Å². The normalized spacial score (nSPS) is 15.9. The molecule has 0 amide bonds. The molecule has 0 aliphatic carbocycles. The van der Waals surface area contributed by atoms with Crippen LogP contribution in [0.1, 0.15) is 18.4 Å². The minimum atomic E-state index is -3.48. The zero-order chi connectivity index (χ0) is 16.3. The van der Waals surface area contributed by atoms with Crippen LogP contribution in [0, 0.1) is 12.8 Å². The van der Waals surface area contributed by atoms with Crippen molar-refractivity contribution < 1.29 is 13.2 Å². The Bertz CT molecular complexity index is 757. The van der Waals surface area contributed by atoms with Gasteiger partial charge in [-0.1, -0.05) is 6.07 Å². The van der Waals surface area contributed by atoms with Crippen LogP contribution in [0.15, 0.2) is 35.5 Å². The van der Waals surface area contributed by atoms with E-state index in [1.54, 1.807) is 24.5 Å². The number of aryl methyl sites for hydroxylation is 1. The molecule has 2 heterocycles. The molecule has 0 radical (unpaired) electrons. The van der Waals surface area contributed by atoms with E-state index >= 15 is 0 Å². The van der Waals surface area contributed by atoms with E-state index in [9.17, 15) is 8.42 Å². The van der Waals surface area contributed by atoms with Gasteiger partial charge in [0.05, 0.1) is 11.1 Å². The highest BCUT2D eigenvalue weighted by Gasteiger charge is 2.19. The summed E-state index contributed by atoms with van der Waals surface area (Å²) in [5.74, 6) is 0.352. The lowest BCUT2D eigenvalue weighted by atomic mass is 10.0. The summed E-state index contributed by atoms with van der Waals surface area (Å²) < 4.78 is 32.9. The average molecular weight is 372 g/mol. The van der Waals surface area contributed by atoms with E-state index in [-0.39, 0.29) is 12.4 Å². The maximum atomic E-state index is 12.5. The summed E-state index contributed by atoms with van der Waals surface area (Å²) in [5, 5.41) is 6.69. The number of H-pyrrole nitrogens is 1. The molecule has 24 heavy (non-hydrogen) atoms. The molecule has 0 atom stereocenters. The van der Waals surface area contributed by atoms with Crippen LogP contribution in [0.25, 0.3) is 11.1 Å². The number of rotatable bonds is 5. The average Bonchev–Trinajstić information content (AvgIpc) is 3.08. The Labute approximate surface area is 148 Å². The second kappa shape index (κ2) is 8.11. The monoisotopic (exact) mass is 371 g/mol. The highest BCUT2D eigenvalue weighted by Crippen LogP contribution is 2.25. The maximum Gasteiger partial charge on any atom is 0.240 e. The number of halogens is 1. The van der Waals surface area contributed by atoms with E-state index in [0.29, 0.717) is 30.6 Å². The topological polar surface area (TPSA) is 84.1 Å². The van der Waals surface area contributed by atoms with Crippen LogP contribution in [0.2, 0.25) is 0 Å². The number of ether oxygens (including phenoxy) is 1. The number of aromatic amines is 1. The van der Waals surface area contributed by atoms with Gasteiger partial charge in [0.1, 0.15) is 0 Å². The minimum Gasteiger partial charge on any atom is -0.381 e. The molecule has 3 rings (SSSR count). The van der Waals surface area contributed by atoms with Crippen LogP contribution in [0.4, 0.5) is 0 Å². The molecule has 2 N–H and O–H groups in total. The molecule has 1 fully saturated rings. The number of hydrogen-bond donors (Lipinski definition) is 2. The van der Waals surface area contributed by atoms with Crippen molar-refractivity contribution in [3.05, 3.63) is 36.2 Å². The Morgan fingerprint density at radius 2 is 2.08 bits per heavy atom. The van der Waals surface area contributed by atoms with Crippen molar-refractivity contribution in [2.45, 2.75) is 24.7 Å². The summed E-state index contributed by atoms with van der Waals surface area (Å²) in [5.41, 5.74) is 2.82. The fourth-order valence-corrected chi connectivity index (χ4v) is 3.99. The summed E-state index contributed by atoms with van der Waals surface area (Å²) in [6.07, 6.45) is 5.32. The lowest BCUT2D eigenvalue weighted by Gasteiger charge is -2.22. The summed E-state index contributed by atoms with van der Waals surface area (Å²) in [7, 11) is -3.48. The summed E-state index contributed by atoms with van der Waals surface area (Å²) >= 11 is 0. The first-order valence-corrected chi connectivity index (χ1v) is 9.22. The second-order valence-electron chi connectivity index (χ2n) is 5.87. The van der Waals surface area contributed by atoms with Crippen molar-refractivity contribution in [3.8, 4) is 11.1 Å². The van der Waals surface area contributed by atoms with Crippen LogP contribution in [-0.2, 0) is 14.8 Å². The van der Waals surface area contributed by atoms with Crippen molar-refractivity contribution in [1.82, 2.24) is 14.9 Å². The van der Waals surface area contributed by atoms with Gasteiger partial charge < -0.3 is 4.74 Å². The molecule has 8 heteroatoms. The smallest absolute Gasteiger partial charge is 0.240 e. The molecular formula is C16H22ClN3O3S. The lowest BCUT2D eigenvalue weighted by Crippen LogP contribution is -2.32. The van der Waals surface area contributed by atoms with Gasteiger partial charge in [0.15, 0.2) is 0 Å². The molecule has 1 aromatic heterocycles. The third-order valence-electron chi connectivity index (χ3n) is 4.22. The Hall–Kier alpha value is -1.41. The Morgan fingerprint density at radius 3 is 2.71 bits per heavy atom. The summed E-state index contributed by atoms with van der Waals surface area (Å²) in [4.78, 5) is 0.300. The van der Waals surface area contributed by atoms with E-state index in [1.807, 2.05) is 13.0 Å². The number of benzene rings is 1. The number of hydrogen-bond acceptors (Lipinski definition) is 4. The first-order chi connectivity index (χ1) is 11.1. The third-order valence-corrected chi connectivity index (χ3v) is 5.64. The molecule has 1 saturated heterocycles. The van der Waals surface area contributed by atoms with E-state index in [0.717, 1.165) is 29.5 Å². The van der Waals surface area contributed by atoms with Crippen molar-refractivity contribution >= 4 is 22.4 Å². The summed E-state index contributed by atoms with van der Waals surface area (Å²) in [6, 6.07) is 5.17. The van der Waals surface area contributed by atoms with Gasteiger partial charge >= 0.3 is 0 Å². The molecule has 1 aliphatic rings. The molecular weight excluding hydrogens is 350 g/mol. The fraction of sp³-hybridized carbons (Fsp3) is 0.438. The van der Waals surface area contributed by atoms with E-state index < -0.39 is 10.0 Å². The predicted octanol–water partition coefficient (Wildman–Crippen LogP) is 2.51. The molecule has 132 valence electrons. The number of nitrogens with one attached hydrogen (secondary N) is 2. The molecule has 1 aliphatic heterocycles. The maximum absolute atomic E-state index is 12.5. The Morgan fingerprint density at radius 1 is 1.33 bits per heavy atom. The zero-order valence-corrected chi connectivity index (χ0v) is 15.1. The quantitative estimate of drug-likeness (QED) is 0.845. The molecule has 1 aromatic carbocycles. The lowest BCUT2D eigenvalue weighted by molar-refractivity contribution is 0.0678. The molecule has 0 bridgehead atoms. The van der Waals surface area contributed by atoms with Crippen molar-refractivity contribution in [1.29, 1.82) is 0 Å². The van der Waals surface area contributed by atoms with Crippen LogP contribution < -0.4 is 4.72 Å². The minimum absolute atomic E-state index is 0. The second-order valence-corrected chi connectivity index (χ2v) is 7.64. The number of aromatic nitrogens is 2. The summed E-state index contributed by atoms with van der Waals surface area (Å²) in [6.45, 7) is 3.80. The van der Waals surface area contributed by atoms with Crippen LogP contribution in [-0.4, -0.2) is 38.4 Å². The zero-order valence-electron chi connectivity index (χ0n) is 13.5. The van der Waals surface area contributed by atoms with Gasteiger partial charge in [-0.3, -0.25) is 5.10 Å². The molecule has 0 saturated carbocycles. The SMILES string of the molecule is Cc1cc(S(=O)(=O)NCC2CCOCC2)ccc1-c1cn[nH]c1.Cl. The van der Waals surface area contributed by atoms with Gasteiger partial charge in [0.2, 0.25) is 10.0 Å². The fourth-order valence-electron chi connectivity index (χ4n) is 2.79. The van der Waals surface area contributed by atoms with Gasteiger partial charge in [-0.2, -0.15) is 5.10 Å². The molecule has 2 aromatic rings. The van der Waals surface area contributed by atoms with E-state index in [2.05, 4.69) is 14.9 Å². The predicted molar refractivity (Wildman–Crippen MR) is 94.7 cm³/mol. The standard InChI is InChI=1S/C16H21N3O3S.ClH/c1-12-8-15(2-3-16(12)14-10-17-18-11-14)23(20,21)19-9-13-4-6-22-7-5-13;/h2-3,8,10-11,13,19H,4-7,9H2,1H3,(H,17,18);1H. The van der Waals surface area contributed by atoms with Gasteiger partial charge in [-0.05, 0) is 48.9 Å². The highest BCUT2D eigenvalue weighted by atomic mass is 35.5. The third kappa shape index (κ3) is 4.36. The van der Waals surface area contributed by atoms with E-state index in [4.69, 9.17) is 4.74 Å². The Balaban J connectivity index is 0.00000208. The van der Waals surface area contributed by atoms with E-state index in [1.165, 1.54) is 0 Å². The number of sulfonamides is 1. The molecule has 6 nitrogen and oxygen atoms in total.